The molecular formula is C41H43ClN4O2S. The molecule has 2 aliphatic carbocycles. The summed E-state index contributed by atoms with van der Waals surface area (Å²) in [5.41, 5.74) is 4.84. The number of sulfonamides is 1. The second-order valence-electron chi connectivity index (χ2n) is 13.4. The number of guanidine groups is 1. The molecule has 6 nitrogen and oxygen atoms in total. The van der Waals surface area contributed by atoms with Gasteiger partial charge in [0.1, 0.15) is 5.82 Å². The van der Waals surface area contributed by atoms with Crippen molar-refractivity contribution in [1.82, 2.24) is 9.71 Å². The average molecular weight is 691 g/mol. The maximum atomic E-state index is 14.2. The van der Waals surface area contributed by atoms with Gasteiger partial charge in [0.25, 0.3) is 10.0 Å². The van der Waals surface area contributed by atoms with E-state index in [1.165, 1.54) is 6.42 Å². The quantitative estimate of drug-likeness (QED) is 0.136. The lowest BCUT2D eigenvalue weighted by atomic mass is 9.91. The Kier molecular flexibility index (Phi) is 10.0. The van der Waals surface area contributed by atoms with Gasteiger partial charge >= 0.3 is 0 Å². The van der Waals surface area contributed by atoms with E-state index in [0.29, 0.717) is 11.0 Å². The van der Waals surface area contributed by atoms with Gasteiger partial charge in [0.15, 0.2) is 0 Å². The third kappa shape index (κ3) is 7.38. The minimum absolute atomic E-state index is 0.0257. The van der Waals surface area contributed by atoms with E-state index >= 15 is 0 Å². The molecule has 0 amide bonds. The molecule has 0 spiro atoms. The Morgan fingerprint density at radius 3 is 2.02 bits per heavy atom. The molecule has 1 heterocycles. The summed E-state index contributed by atoms with van der Waals surface area (Å²) in [6.45, 7) is 1.96. The van der Waals surface area contributed by atoms with Crippen LogP contribution in [0.2, 0.25) is 5.02 Å². The highest BCUT2D eigenvalue weighted by Crippen LogP contribution is 2.42. The number of benzene rings is 4. The molecule has 5 aromatic rings. The minimum atomic E-state index is -3.95. The molecule has 0 saturated heterocycles. The molecule has 0 unspecified atom stereocenters. The Hall–Kier alpha value is -4.20. The van der Waals surface area contributed by atoms with Crippen molar-refractivity contribution in [3.63, 3.8) is 0 Å². The molecule has 0 atom stereocenters. The van der Waals surface area contributed by atoms with E-state index in [-0.39, 0.29) is 17.0 Å². The van der Waals surface area contributed by atoms with Crippen molar-refractivity contribution in [2.75, 3.05) is 4.90 Å². The Morgan fingerprint density at radius 2 is 1.35 bits per heavy atom. The van der Waals surface area contributed by atoms with Crippen LogP contribution in [0.25, 0.3) is 33.2 Å². The number of hydrogen-bond donors (Lipinski definition) is 1. The van der Waals surface area contributed by atoms with Crippen molar-refractivity contribution in [2.45, 2.75) is 88.1 Å². The predicted octanol–water partition coefficient (Wildman–Crippen LogP) is 10.3. The summed E-state index contributed by atoms with van der Waals surface area (Å²) in [6.07, 6.45) is 10.4. The molecule has 1 aromatic heterocycles. The lowest BCUT2D eigenvalue weighted by Crippen LogP contribution is -2.51. The summed E-state index contributed by atoms with van der Waals surface area (Å²) in [7, 11) is -3.95. The Balaban J connectivity index is 1.49. The lowest BCUT2D eigenvalue weighted by molar-refractivity contribution is 0.428. The van der Waals surface area contributed by atoms with Crippen LogP contribution in [0.3, 0.4) is 0 Å². The highest BCUT2D eigenvalue weighted by atomic mass is 35.5. The van der Waals surface area contributed by atoms with Gasteiger partial charge in [-0.2, -0.15) is 0 Å². The summed E-state index contributed by atoms with van der Waals surface area (Å²) in [6, 6.07) is 33.6. The van der Waals surface area contributed by atoms with Gasteiger partial charge in [0, 0.05) is 27.6 Å². The van der Waals surface area contributed by atoms with Crippen LogP contribution in [0.1, 0.15) is 69.8 Å². The molecule has 252 valence electrons. The highest BCUT2D eigenvalue weighted by molar-refractivity contribution is 7.90. The molecule has 4 aromatic carbocycles. The fourth-order valence-electron chi connectivity index (χ4n) is 7.35. The Morgan fingerprint density at radius 1 is 0.735 bits per heavy atom. The van der Waals surface area contributed by atoms with Crippen molar-refractivity contribution < 1.29 is 8.42 Å². The van der Waals surface area contributed by atoms with Crippen molar-refractivity contribution in [1.29, 1.82) is 0 Å². The first-order valence-corrected chi connectivity index (χ1v) is 19.4. The molecule has 0 aliphatic heterocycles. The first-order valence-electron chi connectivity index (χ1n) is 17.6. The van der Waals surface area contributed by atoms with E-state index in [9.17, 15) is 8.42 Å². The van der Waals surface area contributed by atoms with Crippen molar-refractivity contribution in [3.8, 4) is 22.4 Å². The number of rotatable bonds is 7. The maximum absolute atomic E-state index is 14.2. The van der Waals surface area contributed by atoms with Crippen LogP contribution in [0.5, 0.6) is 0 Å². The van der Waals surface area contributed by atoms with Crippen molar-refractivity contribution in [2.24, 2.45) is 4.99 Å². The number of aryl methyl sites for hydroxylation is 1. The largest absolute Gasteiger partial charge is 0.293 e. The number of hydrogen-bond acceptors (Lipinski definition) is 4. The summed E-state index contributed by atoms with van der Waals surface area (Å²) in [5, 5.41) is 2.66. The molecule has 2 fully saturated rings. The molecule has 1 N–H and O–H groups in total. The molecule has 0 bridgehead atoms. The first kappa shape index (κ1) is 33.3. The standard InChI is InChI=1S/C41H43ClN4O2S/c1-29-21-27-35(28-22-29)49(47,48)45-41(43-33-15-7-3-8-16-33)46(34-17-9-4-10-18-34)40-37-20-12-11-19-36(37)38(30-23-25-32(42)26-24-30)39(44-40)31-13-5-2-6-14-31/h2,5-6,11-14,19-28,33-34H,3-4,7-10,15-18H2,1H3,(H,43,45). The average Bonchev–Trinajstić information content (AvgIpc) is 3.13. The summed E-state index contributed by atoms with van der Waals surface area (Å²) >= 11 is 6.35. The number of aromatic nitrogens is 1. The van der Waals surface area contributed by atoms with E-state index in [1.54, 1.807) is 12.1 Å². The zero-order chi connectivity index (χ0) is 33.8. The van der Waals surface area contributed by atoms with Gasteiger partial charge in [0.2, 0.25) is 5.96 Å². The minimum Gasteiger partial charge on any atom is -0.293 e. The third-order valence-corrected chi connectivity index (χ3v) is 11.5. The number of pyridine rings is 1. The third-order valence-electron chi connectivity index (χ3n) is 9.90. The van der Waals surface area contributed by atoms with Gasteiger partial charge in [-0.3, -0.25) is 4.90 Å². The van der Waals surface area contributed by atoms with Crippen LogP contribution >= 0.6 is 11.6 Å². The van der Waals surface area contributed by atoms with Gasteiger partial charge in [0.05, 0.1) is 16.6 Å². The second kappa shape index (κ2) is 14.7. The van der Waals surface area contributed by atoms with Gasteiger partial charge in [-0.1, -0.05) is 135 Å². The Bertz CT molecular complexity index is 2040. The van der Waals surface area contributed by atoms with E-state index in [0.717, 1.165) is 102 Å². The van der Waals surface area contributed by atoms with Crippen molar-refractivity contribution in [3.05, 3.63) is 114 Å². The van der Waals surface area contributed by atoms with Crippen LogP contribution in [-0.2, 0) is 10.0 Å². The fraction of sp³-hybridized carbons (Fsp3) is 0.317. The van der Waals surface area contributed by atoms with Gasteiger partial charge in [-0.05, 0) is 67.8 Å². The molecule has 2 saturated carbocycles. The van der Waals surface area contributed by atoms with E-state index in [2.05, 4.69) is 40.0 Å². The first-order chi connectivity index (χ1) is 23.9. The number of nitrogens with one attached hydrogen (secondary N) is 1. The normalized spacial score (nSPS) is 16.5. The number of aliphatic imine (C=N–C) groups is 1. The molecular weight excluding hydrogens is 648 g/mol. The topological polar surface area (TPSA) is 74.7 Å². The maximum Gasteiger partial charge on any atom is 0.264 e. The fourth-order valence-corrected chi connectivity index (χ4v) is 8.48. The molecule has 49 heavy (non-hydrogen) atoms. The zero-order valence-corrected chi connectivity index (χ0v) is 29.6. The molecule has 8 heteroatoms. The van der Waals surface area contributed by atoms with Crippen LogP contribution < -0.4 is 9.62 Å². The zero-order valence-electron chi connectivity index (χ0n) is 28.0. The highest BCUT2D eigenvalue weighted by Gasteiger charge is 2.33. The number of fused-ring (bicyclic) bond motifs is 1. The van der Waals surface area contributed by atoms with Crippen LogP contribution in [0.15, 0.2) is 113 Å². The van der Waals surface area contributed by atoms with E-state index in [1.807, 2.05) is 67.6 Å². The summed E-state index contributed by atoms with van der Waals surface area (Å²) in [4.78, 5) is 13.2. The van der Waals surface area contributed by atoms with E-state index in [4.69, 9.17) is 21.6 Å². The number of nitrogens with zero attached hydrogens (tertiary/aromatic N) is 3. The number of anilines is 1. The van der Waals surface area contributed by atoms with E-state index < -0.39 is 10.0 Å². The number of halogens is 1. The smallest absolute Gasteiger partial charge is 0.264 e. The summed E-state index contributed by atoms with van der Waals surface area (Å²) < 4.78 is 31.4. The van der Waals surface area contributed by atoms with Crippen LogP contribution in [0.4, 0.5) is 5.82 Å². The predicted molar refractivity (Wildman–Crippen MR) is 203 cm³/mol. The van der Waals surface area contributed by atoms with Crippen LogP contribution in [-0.4, -0.2) is 31.4 Å². The molecule has 0 radical (unpaired) electrons. The molecule has 2 aliphatic rings. The second-order valence-corrected chi connectivity index (χ2v) is 15.5. The summed E-state index contributed by atoms with van der Waals surface area (Å²) in [5.74, 6) is 1.09. The molecule has 7 rings (SSSR count). The SMILES string of the molecule is Cc1ccc(S(=O)(=O)NC(=NC2CCCCC2)N(c2nc(-c3ccccc3)c(-c3ccc(Cl)cc3)c3ccccc23)C2CCCCC2)cc1. The monoisotopic (exact) mass is 690 g/mol. The van der Waals surface area contributed by atoms with Gasteiger partial charge in [-0.15, -0.1) is 0 Å². The van der Waals surface area contributed by atoms with Gasteiger partial charge in [-0.25, -0.2) is 23.1 Å². The Labute approximate surface area is 295 Å². The van der Waals surface area contributed by atoms with Crippen molar-refractivity contribution >= 4 is 44.2 Å². The lowest BCUT2D eigenvalue weighted by Gasteiger charge is -2.37. The van der Waals surface area contributed by atoms with Gasteiger partial charge < -0.3 is 0 Å². The van der Waals surface area contributed by atoms with Crippen LogP contribution in [0, 0.1) is 6.92 Å².